The Bertz CT molecular complexity index is 2260. The Labute approximate surface area is 255 Å². The molecule has 0 unspecified atom stereocenters. The molecule has 0 N–H and O–H groups in total. The number of hydrogen-bond acceptors (Lipinski definition) is 8. The van der Waals surface area contributed by atoms with Crippen LogP contribution >= 0.6 is 11.3 Å². The first kappa shape index (κ1) is 27.7. The van der Waals surface area contributed by atoms with Gasteiger partial charge in [0, 0.05) is 17.7 Å². The first-order chi connectivity index (χ1) is 21.3. The van der Waals surface area contributed by atoms with Crippen LogP contribution in [0.25, 0.3) is 11.8 Å². The summed E-state index contributed by atoms with van der Waals surface area (Å²) in [7, 11) is -4.20. The minimum absolute atomic E-state index is 0.0670. The van der Waals surface area contributed by atoms with Gasteiger partial charge in [0.1, 0.15) is 10.6 Å². The van der Waals surface area contributed by atoms with Crippen LogP contribution < -0.4 is 19.1 Å². The van der Waals surface area contributed by atoms with E-state index in [1.807, 2.05) is 42.5 Å². The summed E-state index contributed by atoms with van der Waals surface area (Å²) in [5.41, 5.74) is 5.76. The highest BCUT2D eigenvalue weighted by Crippen LogP contribution is 2.41. The number of thiazole rings is 1. The zero-order chi connectivity index (χ0) is 30.4. The molecule has 0 spiro atoms. The topological polar surface area (TPSA) is 121 Å². The molecule has 4 aromatic carbocycles. The average molecular weight is 622 g/mol. The lowest BCUT2D eigenvalue weighted by Crippen LogP contribution is -2.38. The number of aromatic nitrogens is 1. The van der Waals surface area contributed by atoms with Gasteiger partial charge in [-0.05, 0) is 65.4 Å². The second-order valence-corrected chi connectivity index (χ2v) is 12.9. The Kier molecular flexibility index (Phi) is 6.83. The van der Waals surface area contributed by atoms with Gasteiger partial charge in [-0.2, -0.15) is 8.42 Å². The van der Waals surface area contributed by atoms with Crippen molar-refractivity contribution in [3.63, 3.8) is 0 Å². The van der Waals surface area contributed by atoms with Crippen molar-refractivity contribution in [2.24, 2.45) is 4.99 Å². The molecule has 1 atom stereocenters. The van der Waals surface area contributed by atoms with Crippen LogP contribution in [0.2, 0.25) is 0 Å². The van der Waals surface area contributed by atoms with Crippen molar-refractivity contribution in [1.82, 2.24) is 4.57 Å². The molecule has 2 heterocycles. The van der Waals surface area contributed by atoms with Gasteiger partial charge in [-0.3, -0.25) is 19.5 Å². The Balaban J connectivity index is 1.24. The molecule has 9 nitrogen and oxygen atoms in total. The van der Waals surface area contributed by atoms with Crippen LogP contribution in [0.5, 0.6) is 5.75 Å². The molecule has 218 valence electrons. The fourth-order valence-corrected chi connectivity index (χ4v) is 7.57. The van der Waals surface area contributed by atoms with Gasteiger partial charge in [0.2, 0.25) is 0 Å². The maximum Gasteiger partial charge on any atom is 0.339 e. The lowest BCUT2D eigenvalue weighted by Gasteiger charge is -2.30. The number of benzene rings is 4. The molecular weight excluding hydrogens is 599 g/mol. The van der Waals surface area contributed by atoms with E-state index in [-0.39, 0.29) is 27.9 Å². The fourth-order valence-electron chi connectivity index (χ4n) is 5.64. The van der Waals surface area contributed by atoms with E-state index in [2.05, 4.69) is 12.1 Å². The Morgan fingerprint density at radius 3 is 2.34 bits per heavy atom. The van der Waals surface area contributed by atoms with E-state index in [9.17, 15) is 23.3 Å². The summed E-state index contributed by atoms with van der Waals surface area (Å²) in [6.07, 6.45) is 3.45. The van der Waals surface area contributed by atoms with E-state index < -0.39 is 15.0 Å². The Morgan fingerprint density at radius 1 is 0.909 bits per heavy atom. The standard InChI is InChI=1S/C33H23N3O6S2/c37-32-29(20-21-10-15-25(16-11-21)42-44(40,41)26-17-13-24(14-18-26)36(38)39)43-33-34-30-27-9-5-4-6-22(27)12-19-28(30)31(35(32)33)23-7-2-1-3-8-23/h1-11,13-18,20,31H,12,19H2/b29-20-/t31-/m0/s1. The van der Waals surface area contributed by atoms with Crippen molar-refractivity contribution in [3.05, 3.63) is 161 Å². The summed E-state index contributed by atoms with van der Waals surface area (Å²) in [5, 5.41) is 10.9. The lowest BCUT2D eigenvalue weighted by molar-refractivity contribution is -0.384. The van der Waals surface area contributed by atoms with Gasteiger partial charge in [-0.25, -0.2) is 4.99 Å². The van der Waals surface area contributed by atoms with E-state index >= 15 is 0 Å². The number of rotatable bonds is 6. The van der Waals surface area contributed by atoms with Crippen LogP contribution in [0, 0.1) is 10.1 Å². The highest BCUT2D eigenvalue weighted by Gasteiger charge is 2.32. The third-order valence-electron chi connectivity index (χ3n) is 7.71. The molecule has 0 saturated heterocycles. The van der Waals surface area contributed by atoms with Crippen molar-refractivity contribution in [3.8, 4) is 5.75 Å². The SMILES string of the molecule is O=c1/c(=C/c2ccc(OS(=O)(=O)c3ccc([N+](=O)[O-])cc3)cc2)sc2n1[C@@H](c1ccccc1)C1=C(N=2)c2ccccc2CC1. The van der Waals surface area contributed by atoms with E-state index in [1.165, 1.54) is 29.0 Å². The monoisotopic (exact) mass is 621 g/mol. The van der Waals surface area contributed by atoms with Crippen LogP contribution in [-0.4, -0.2) is 17.9 Å². The van der Waals surface area contributed by atoms with Crippen LogP contribution in [0.4, 0.5) is 5.69 Å². The minimum atomic E-state index is -4.20. The van der Waals surface area contributed by atoms with E-state index in [4.69, 9.17) is 9.18 Å². The van der Waals surface area contributed by atoms with Crippen molar-refractivity contribution < 1.29 is 17.5 Å². The van der Waals surface area contributed by atoms with Crippen LogP contribution in [0.1, 0.15) is 34.7 Å². The predicted octanol–water partition coefficient (Wildman–Crippen LogP) is 4.99. The van der Waals surface area contributed by atoms with Crippen LogP contribution in [0.3, 0.4) is 0 Å². The zero-order valence-electron chi connectivity index (χ0n) is 23.0. The molecule has 0 saturated carbocycles. The normalized spacial score (nSPS) is 16.0. The van der Waals surface area contributed by atoms with Gasteiger partial charge < -0.3 is 4.18 Å². The number of nitro benzene ring substituents is 1. The average Bonchev–Trinajstić information content (AvgIpc) is 3.35. The third kappa shape index (κ3) is 4.95. The number of allylic oxidation sites excluding steroid dienone is 1. The summed E-state index contributed by atoms with van der Waals surface area (Å²) < 4.78 is 32.9. The van der Waals surface area contributed by atoms with Crippen molar-refractivity contribution in [2.75, 3.05) is 0 Å². The van der Waals surface area contributed by atoms with Crippen molar-refractivity contribution in [2.45, 2.75) is 23.8 Å². The molecule has 0 bridgehead atoms. The molecule has 2 aliphatic rings. The highest BCUT2D eigenvalue weighted by molar-refractivity contribution is 7.87. The van der Waals surface area contributed by atoms with Gasteiger partial charge in [0.15, 0.2) is 4.80 Å². The second-order valence-electron chi connectivity index (χ2n) is 10.4. The van der Waals surface area contributed by atoms with Crippen molar-refractivity contribution >= 4 is 38.9 Å². The first-order valence-electron chi connectivity index (χ1n) is 13.8. The number of fused-ring (bicyclic) bond motifs is 3. The molecule has 5 aromatic rings. The summed E-state index contributed by atoms with van der Waals surface area (Å²) in [6.45, 7) is 0. The molecule has 44 heavy (non-hydrogen) atoms. The molecule has 1 aliphatic heterocycles. The molecule has 0 radical (unpaired) electrons. The maximum atomic E-state index is 13.9. The Hall–Kier alpha value is -5.13. The summed E-state index contributed by atoms with van der Waals surface area (Å²) in [5.74, 6) is 0.0670. The molecule has 7 rings (SSSR count). The largest absolute Gasteiger partial charge is 0.379 e. The molecule has 1 aliphatic carbocycles. The number of non-ortho nitro benzene ring substituents is 1. The molecule has 0 amide bonds. The number of aryl methyl sites for hydroxylation is 1. The van der Waals surface area contributed by atoms with E-state index in [0.29, 0.717) is 14.9 Å². The second kappa shape index (κ2) is 10.9. The van der Waals surface area contributed by atoms with Crippen molar-refractivity contribution in [1.29, 1.82) is 0 Å². The fraction of sp³-hybridized carbons (Fsp3) is 0.0909. The zero-order valence-corrected chi connectivity index (χ0v) is 24.6. The maximum absolute atomic E-state index is 13.9. The molecule has 1 aromatic heterocycles. The predicted molar refractivity (Wildman–Crippen MR) is 167 cm³/mol. The Morgan fingerprint density at radius 2 is 1.61 bits per heavy atom. The molecule has 0 fully saturated rings. The van der Waals surface area contributed by atoms with Crippen LogP contribution in [-0.2, 0) is 16.5 Å². The highest BCUT2D eigenvalue weighted by atomic mass is 32.2. The summed E-state index contributed by atoms with van der Waals surface area (Å²) >= 11 is 1.32. The van der Waals surface area contributed by atoms with Gasteiger partial charge >= 0.3 is 10.1 Å². The van der Waals surface area contributed by atoms with Gasteiger partial charge in [-0.1, -0.05) is 78.1 Å². The molecular formula is C33H23N3O6S2. The lowest BCUT2D eigenvalue weighted by atomic mass is 9.83. The minimum Gasteiger partial charge on any atom is -0.379 e. The quantitative estimate of drug-likeness (QED) is 0.150. The van der Waals surface area contributed by atoms with Gasteiger partial charge in [0.05, 0.1) is 21.2 Å². The third-order valence-corrected chi connectivity index (χ3v) is 9.95. The summed E-state index contributed by atoms with van der Waals surface area (Å²) in [4.78, 5) is 29.6. The molecule has 11 heteroatoms. The number of nitrogens with zero attached hydrogens (tertiary/aromatic N) is 3. The van der Waals surface area contributed by atoms with Gasteiger partial charge in [-0.15, -0.1) is 0 Å². The van der Waals surface area contributed by atoms with E-state index in [0.717, 1.165) is 59.5 Å². The summed E-state index contributed by atoms with van der Waals surface area (Å²) in [6, 6.07) is 28.8. The first-order valence-corrected chi connectivity index (χ1v) is 16.0. The smallest absolute Gasteiger partial charge is 0.339 e. The van der Waals surface area contributed by atoms with E-state index in [1.54, 1.807) is 22.8 Å². The number of hydrogen-bond donors (Lipinski definition) is 0. The van der Waals surface area contributed by atoms with Gasteiger partial charge in [0.25, 0.3) is 11.2 Å². The number of nitro groups is 1. The van der Waals surface area contributed by atoms with Crippen LogP contribution in [0.15, 0.2) is 123 Å².